The van der Waals surface area contributed by atoms with E-state index in [1.54, 1.807) is 7.11 Å². The summed E-state index contributed by atoms with van der Waals surface area (Å²) < 4.78 is 18.4. The number of methoxy groups -OCH3 is 1. The largest absolute Gasteiger partial charge is 0.393 e. The van der Waals surface area contributed by atoms with Gasteiger partial charge in [0, 0.05) is 23.9 Å². The van der Waals surface area contributed by atoms with E-state index in [1.165, 1.54) is 12.8 Å². The quantitative estimate of drug-likeness (QED) is 0.515. The monoisotopic (exact) mass is 500 g/mol. The van der Waals surface area contributed by atoms with Gasteiger partial charge in [-0.25, -0.2) is 0 Å². The predicted molar refractivity (Wildman–Crippen MR) is 138 cm³/mol. The van der Waals surface area contributed by atoms with Crippen molar-refractivity contribution < 1.29 is 24.1 Å². The third-order valence-electron chi connectivity index (χ3n) is 13.0. The number of carbonyl (C=O) groups is 1. The molecule has 2 heterocycles. The Balaban J connectivity index is 1.31. The van der Waals surface area contributed by atoms with Crippen molar-refractivity contribution in [2.24, 2.45) is 51.2 Å². The summed E-state index contributed by atoms with van der Waals surface area (Å²) in [5.41, 5.74) is -0.580. The summed E-state index contributed by atoms with van der Waals surface area (Å²) in [6.45, 7) is 15.8. The van der Waals surface area contributed by atoms with Crippen LogP contribution in [0.25, 0.3) is 0 Å². The van der Waals surface area contributed by atoms with E-state index in [2.05, 4.69) is 54.5 Å². The minimum absolute atomic E-state index is 0.0592. The Kier molecular flexibility index (Phi) is 5.44. The molecule has 1 unspecified atom stereocenters. The molecule has 5 heteroatoms. The number of ether oxygens (including phenoxy) is 3. The van der Waals surface area contributed by atoms with Crippen LogP contribution in [0, 0.1) is 51.2 Å². The maximum absolute atomic E-state index is 12.9. The van der Waals surface area contributed by atoms with Crippen molar-refractivity contribution in [1.82, 2.24) is 0 Å². The molecule has 2 aliphatic heterocycles. The van der Waals surface area contributed by atoms with Crippen LogP contribution in [0.5, 0.6) is 0 Å². The Labute approximate surface area is 217 Å². The van der Waals surface area contributed by atoms with Crippen LogP contribution in [0.3, 0.4) is 0 Å². The number of hydrogen-bond donors (Lipinski definition) is 1. The summed E-state index contributed by atoms with van der Waals surface area (Å²) in [5.74, 6) is 2.12. The van der Waals surface area contributed by atoms with Gasteiger partial charge >= 0.3 is 0 Å². The van der Waals surface area contributed by atoms with E-state index >= 15 is 0 Å². The molecule has 0 radical (unpaired) electrons. The topological polar surface area (TPSA) is 68.3 Å². The highest BCUT2D eigenvalue weighted by molar-refractivity contribution is 5.95. The van der Waals surface area contributed by atoms with Gasteiger partial charge in [-0.2, -0.15) is 0 Å². The van der Waals surface area contributed by atoms with Gasteiger partial charge in [0.1, 0.15) is 6.10 Å². The van der Waals surface area contributed by atoms with Gasteiger partial charge in [0.25, 0.3) is 0 Å². The summed E-state index contributed by atoms with van der Waals surface area (Å²) in [5, 5.41) is 11.9. The number of aliphatic hydroxyl groups excluding tert-OH is 1. The van der Waals surface area contributed by atoms with Crippen molar-refractivity contribution in [3.05, 3.63) is 12.2 Å². The fourth-order valence-corrected chi connectivity index (χ4v) is 11.0. The van der Waals surface area contributed by atoms with Crippen LogP contribution in [0.1, 0.15) is 87.0 Å². The highest BCUT2D eigenvalue weighted by Gasteiger charge is 2.70. The molecule has 0 bridgehead atoms. The second kappa shape index (κ2) is 7.67. The zero-order chi connectivity index (χ0) is 26.1. The molecule has 5 nitrogen and oxygen atoms in total. The number of aliphatic hydroxyl groups is 1. The summed E-state index contributed by atoms with van der Waals surface area (Å²) in [7, 11) is 1.79. The van der Waals surface area contributed by atoms with E-state index in [0.29, 0.717) is 30.1 Å². The van der Waals surface area contributed by atoms with Gasteiger partial charge in [-0.05, 0) is 93.0 Å². The molecule has 202 valence electrons. The molecule has 0 amide bonds. The molecule has 0 spiro atoms. The number of epoxide rings is 1. The lowest BCUT2D eigenvalue weighted by Gasteiger charge is -2.67. The number of fused-ring (bicyclic) bond motifs is 5. The molecule has 36 heavy (non-hydrogen) atoms. The average molecular weight is 501 g/mol. The van der Waals surface area contributed by atoms with Gasteiger partial charge in [-0.3, -0.25) is 4.79 Å². The van der Waals surface area contributed by atoms with Gasteiger partial charge in [-0.15, -0.1) is 0 Å². The Morgan fingerprint density at radius 1 is 0.972 bits per heavy atom. The lowest BCUT2D eigenvalue weighted by atomic mass is 9.37. The van der Waals surface area contributed by atoms with Crippen molar-refractivity contribution in [2.75, 3.05) is 7.11 Å². The smallest absolute Gasteiger partial charge is 0.161 e. The van der Waals surface area contributed by atoms with E-state index in [1.807, 2.05) is 6.08 Å². The minimum Gasteiger partial charge on any atom is -0.393 e. The van der Waals surface area contributed by atoms with E-state index < -0.39 is 5.41 Å². The fourth-order valence-electron chi connectivity index (χ4n) is 11.0. The third kappa shape index (κ3) is 3.12. The van der Waals surface area contributed by atoms with Gasteiger partial charge in [0.15, 0.2) is 12.1 Å². The van der Waals surface area contributed by atoms with Crippen molar-refractivity contribution >= 4 is 5.78 Å². The zero-order valence-corrected chi connectivity index (χ0v) is 23.7. The summed E-state index contributed by atoms with van der Waals surface area (Å²) in [6, 6.07) is 0. The highest BCUT2D eigenvalue weighted by atomic mass is 16.7. The molecule has 1 N–H and O–H groups in total. The summed E-state index contributed by atoms with van der Waals surface area (Å²) >= 11 is 0. The molecule has 3 saturated carbocycles. The van der Waals surface area contributed by atoms with Crippen LogP contribution < -0.4 is 0 Å². The van der Waals surface area contributed by atoms with Crippen molar-refractivity contribution in [1.29, 1.82) is 0 Å². The van der Waals surface area contributed by atoms with Crippen molar-refractivity contribution in [3.8, 4) is 0 Å². The molecular weight excluding hydrogens is 452 g/mol. The molecule has 0 aromatic carbocycles. The molecule has 0 aromatic rings. The number of allylic oxidation sites excluding steroid dienone is 2. The number of ketones is 1. The standard InChI is InChI=1S/C31H48O5/c1-27(2)22-16-24(33)31(7)20-10-9-18(17-15-19(35-26(17)34-8)25-28(3,4)36-25)29(20,5)13-11-21(31)30(22,6)14-12-23(27)32/h12,14,17-22,24-26,33H,9-11,13,15-16H2,1-8H3/t17-,18-,19+,20?,21+,22-,24+,25-,26+,29-,30+,31-/m0/s1. The number of hydrogen-bond acceptors (Lipinski definition) is 5. The maximum Gasteiger partial charge on any atom is 0.161 e. The number of rotatable bonds is 3. The maximum atomic E-state index is 12.9. The first-order chi connectivity index (χ1) is 16.7. The Morgan fingerprint density at radius 3 is 2.31 bits per heavy atom. The van der Waals surface area contributed by atoms with Crippen LogP contribution in [-0.4, -0.2) is 48.2 Å². The van der Waals surface area contributed by atoms with Gasteiger partial charge in [-0.1, -0.05) is 40.7 Å². The minimum atomic E-state index is -0.425. The predicted octanol–water partition coefficient (Wildman–Crippen LogP) is 5.54. The molecular formula is C31H48O5. The second-order valence-electron chi connectivity index (χ2n) is 15.1. The summed E-state index contributed by atoms with van der Waals surface area (Å²) in [4.78, 5) is 12.9. The molecule has 4 aliphatic carbocycles. The van der Waals surface area contributed by atoms with Gasteiger partial charge < -0.3 is 19.3 Å². The van der Waals surface area contributed by atoms with Crippen LogP contribution in [-0.2, 0) is 19.0 Å². The molecule has 6 aliphatic rings. The lowest BCUT2D eigenvalue weighted by Crippen LogP contribution is -2.65. The summed E-state index contributed by atoms with van der Waals surface area (Å²) in [6.07, 6.45) is 10.1. The van der Waals surface area contributed by atoms with E-state index in [0.717, 1.165) is 19.3 Å². The third-order valence-corrected chi connectivity index (χ3v) is 13.0. The fraction of sp³-hybridized carbons (Fsp3) is 0.903. The second-order valence-corrected chi connectivity index (χ2v) is 15.1. The molecule has 2 saturated heterocycles. The molecule has 0 aromatic heterocycles. The highest BCUT2D eigenvalue weighted by Crippen LogP contribution is 2.74. The first-order valence-electron chi connectivity index (χ1n) is 14.5. The van der Waals surface area contributed by atoms with Gasteiger partial charge in [0.05, 0.1) is 17.8 Å². The lowest BCUT2D eigenvalue weighted by molar-refractivity contribution is -0.218. The van der Waals surface area contributed by atoms with E-state index in [4.69, 9.17) is 14.2 Å². The van der Waals surface area contributed by atoms with E-state index in [9.17, 15) is 9.90 Å². The first kappa shape index (κ1) is 25.5. The molecule has 12 atom stereocenters. The Hall–Kier alpha value is -0.750. The van der Waals surface area contributed by atoms with Crippen molar-refractivity contribution in [3.63, 3.8) is 0 Å². The molecule has 5 fully saturated rings. The SMILES string of the molecule is CO[C@@H]1O[C@@H]([C@@H]2OC2(C)C)C[C@H]1[C@@H]1CCC2[C@]3(C)[C@H](O)C[C@H]4C(C)(C)C(=O)C=C[C@]4(C)[C@H]3CC[C@]21C. The Morgan fingerprint density at radius 2 is 1.67 bits per heavy atom. The Bertz CT molecular complexity index is 970. The van der Waals surface area contributed by atoms with Crippen LogP contribution in [0.4, 0.5) is 0 Å². The first-order valence-corrected chi connectivity index (χ1v) is 14.5. The van der Waals surface area contributed by atoms with Crippen LogP contribution >= 0.6 is 0 Å². The van der Waals surface area contributed by atoms with Crippen molar-refractivity contribution in [2.45, 2.75) is 117 Å². The van der Waals surface area contributed by atoms with Crippen LogP contribution in [0.2, 0.25) is 0 Å². The van der Waals surface area contributed by atoms with Crippen LogP contribution in [0.15, 0.2) is 12.2 Å². The normalized spacial score (nSPS) is 56.7. The average Bonchev–Trinajstić information content (AvgIpc) is 3.11. The zero-order valence-electron chi connectivity index (χ0n) is 23.7. The molecule has 6 rings (SSSR count). The number of carbonyl (C=O) groups excluding carboxylic acids is 1. The van der Waals surface area contributed by atoms with Gasteiger partial charge in [0.2, 0.25) is 0 Å². The van der Waals surface area contributed by atoms with E-state index in [-0.39, 0.29) is 58.1 Å².